The molecule has 0 aliphatic heterocycles. The van der Waals surface area contributed by atoms with Gasteiger partial charge in [0, 0.05) is 11.8 Å². The Morgan fingerprint density at radius 3 is 2.83 bits per heavy atom. The van der Waals surface area contributed by atoms with E-state index in [1.165, 1.54) is 11.7 Å². The van der Waals surface area contributed by atoms with E-state index in [2.05, 4.69) is 29.4 Å². The van der Waals surface area contributed by atoms with E-state index in [4.69, 9.17) is 0 Å². The van der Waals surface area contributed by atoms with Gasteiger partial charge >= 0.3 is 0 Å². The SMILES string of the molecule is CCCC(C(O)O)C(Cc1cccc2nsnc12)c1nn[nH]n1. The highest BCUT2D eigenvalue weighted by Gasteiger charge is 2.31. The minimum atomic E-state index is -1.44. The number of H-pyrrole nitrogens is 1. The maximum atomic E-state index is 9.81. The van der Waals surface area contributed by atoms with Gasteiger partial charge in [0.2, 0.25) is 0 Å². The highest BCUT2D eigenvalue weighted by atomic mass is 32.1. The van der Waals surface area contributed by atoms with Crippen molar-refractivity contribution in [3.8, 4) is 0 Å². The second-order valence-corrected chi connectivity index (χ2v) is 6.02. The maximum Gasteiger partial charge on any atom is 0.178 e. The van der Waals surface area contributed by atoms with Crippen LogP contribution in [0.1, 0.15) is 37.1 Å². The predicted octanol–water partition coefficient (Wildman–Crippen LogP) is 1.26. The van der Waals surface area contributed by atoms with Crippen LogP contribution in [0.4, 0.5) is 0 Å². The van der Waals surface area contributed by atoms with E-state index in [1.54, 1.807) is 0 Å². The van der Waals surface area contributed by atoms with E-state index in [9.17, 15) is 10.2 Å². The van der Waals surface area contributed by atoms with Gasteiger partial charge < -0.3 is 10.2 Å². The third-order valence-electron chi connectivity index (χ3n) is 4.02. The summed E-state index contributed by atoms with van der Waals surface area (Å²) in [6.07, 6.45) is 0.595. The lowest BCUT2D eigenvalue weighted by molar-refractivity contribution is -0.0943. The Morgan fingerprint density at radius 1 is 1.26 bits per heavy atom. The molecule has 3 rings (SSSR count). The summed E-state index contributed by atoms with van der Waals surface area (Å²) in [6.45, 7) is 2.01. The summed E-state index contributed by atoms with van der Waals surface area (Å²) in [5, 5.41) is 33.8. The van der Waals surface area contributed by atoms with Crippen LogP contribution in [0.25, 0.3) is 11.0 Å². The van der Waals surface area contributed by atoms with Crippen molar-refractivity contribution < 1.29 is 10.2 Å². The van der Waals surface area contributed by atoms with Crippen LogP contribution in [-0.4, -0.2) is 45.9 Å². The molecule has 2 aromatic heterocycles. The molecule has 0 saturated heterocycles. The van der Waals surface area contributed by atoms with Crippen LogP contribution < -0.4 is 0 Å². The number of aliphatic hydroxyl groups is 2. The first-order valence-corrected chi connectivity index (χ1v) is 8.23. The molecule has 3 N–H and O–H groups in total. The number of rotatable bonds is 7. The molecule has 8 nitrogen and oxygen atoms in total. The Balaban J connectivity index is 1.97. The minimum absolute atomic E-state index is 0.263. The van der Waals surface area contributed by atoms with Crippen molar-refractivity contribution in [1.29, 1.82) is 0 Å². The molecule has 0 saturated carbocycles. The largest absolute Gasteiger partial charge is 0.368 e. The lowest BCUT2D eigenvalue weighted by Crippen LogP contribution is -2.28. The zero-order valence-electron chi connectivity index (χ0n) is 12.6. The number of tetrazole rings is 1. The van der Waals surface area contributed by atoms with Crippen LogP contribution in [-0.2, 0) is 6.42 Å². The fraction of sp³-hybridized carbons (Fsp3) is 0.500. The molecular formula is C14H18N6O2S. The third-order valence-corrected chi connectivity index (χ3v) is 4.57. The molecule has 0 fully saturated rings. The van der Waals surface area contributed by atoms with Crippen LogP contribution in [0.5, 0.6) is 0 Å². The lowest BCUT2D eigenvalue weighted by atomic mass is 9.82. The number of hydrogen-bond acceptors (Lipinski definition) is 8. The molecular weight excluding hydrogens is 316 g/mol. The molecule has 23 heavy (non-hydrogen) atoms. The Kier molecular flexibility index (Phi) is 4.89. The van der Waals surface area contributed by atoms with Crippen molar-refractivity contribution in [1.82, 2.24) is 29.4 Å². The minimum Gasteiger partial charge on any atom is -0.368 e. The van der Waals surface area contributed by atoms with Gasteiger partial charge in [0.25, 0.3) is 0 Å². The van der Waals surface area contributed by atoms with Crippen molar-refractivity contribution in [2.24, 2.45) is 5.92 Å². The van der Waals surface area contributed by atoms with E-state index in [0.29, 0.717) is 18.7 Å². The first-order valence-electron chi connectivity index (χ1n) is 7.50. The van der Waals surface area contributed by atoms with Gasteiger partial charge in [-0.3, -0.25) is 0 Å². The molecule has 122 valence electrons. The number of aromatic nitrogens is 6. The molecule has 2 heterocycles. The molecule has 1 aromatic carbocycles. The number of nitrogens with zero attached hydrogens (tertiary/aromatic N) is 5. The molecule has 2 atom stereocenters. The van der Waals surface area contributed by atoms with Crippen LogP contribution >= 0.6 is 11.7 Å². The second-order valence-electron chi connectivity index (χ2n) is 5.50. The normalized spacial score (nSPS) is 14.4. The summed E-state index contributed by atoms with van der Waals surface area (Å²) in [5.41, 5.74) is 2.68. The molecule has 9 heteroatoms. The van der Waals surface area contributed by atoms with Crippen molar-refractivity contribution in [3.63, 3.8) is 0 Å². The average molecular weight is 334 g/mol. The first kappa shape index (κ1) is 15.9. The zero-order chi connectivity index (χ0) is 16.2. The van der Waals surface area contributed by atoms with Crippen molar-refractivity contribution in [2.45, 2.75) is 38.4 Å². The highest BCUT2D eigenvalue weighted by molar-refractivity contribution is 7.00. The fourth-order valence-corrected chi connectivity index (χ4v) is 3.48. The average Bonchev–Trinajstić information content (AvgIpc) is 3.21. The Labute approximate surface area is 136 Å². The van der Waals surface area contributed by atoms with Gasteiger partial charge in [0.1, 0.15) is 11.0 Å². The standard InChI is InChI=1S/C14H18N6O2S/c1-2-4-9(14(21)22)10(13-15-19-20-16-13)7-8-5-3-6-11-12(8)18-23-17-11/h3,5-6,9-10,14,21-22H,2,4,7H2,1H3,(H,15,16,19,20). The summed E-state index contributed by atoms with van der Waals surface area (Å²) in [5.74, 6) is -0.155. The first-order chi connectivity index (χ1) is 11.2. The van der Waals surface area contributed by atoms with E-state index in [0.717, 1.165) is 23.0 Å². The van der Waals surface area contributed by atoms with Gasteiger partial charge in [-0.05, 0) is 24.5 Å². The molecule has 0 bridgehead atoms. The van der Waals surface area contributed by atoms with Gasteiger partial charge in [-0.15, -0.1) is 10.2 Å². The lowest BCUT2D eigenvalue weighted by Gasteiger charge is -2.26. The number of hydrogen-bond donors (Lipinski definition) is 3. The van der Waals surface area contributed by atoms with Crippen LogP contribution in [0.2, 0.25) is 0 Å². The van der Waals surface area contributed by atoms with E-state index >= 15 is 0 Å². The second kappa shape index (κ2) is 7.07. The highest BCUT2D eigenvalue weighted by Crippen LogP contribution is 2.33. The number of aliphatic hydroxyl groups excluding tert-OH is 1. The van der Waals surface area contributed by atoms with Crippen molar-refractivity contribution in [3.05, 3.63) is 29.6 Å². The van der Waals surface area contributed by atoms with Gasteiger partial charge in [-0.1, -0.05) is 30.7 Å². The van der Waals surface area contributed by atoms with Gasteiger partial charge in [0.05, 0.1) is 11.7 Å². The number of aromatic amines is 1. The Hall–Kier alpha value is -1.97. The van der Waals surface area contributed by atoms with Gasteiger partial charge in [-0.25, -0.2) is 0 Å². The van der Waals surface area contributed by atoms with Gasteiger partial charge in [0.15, 0.2) is 12.1 Å². The number of fused-ring (bicyclic) bond motifs is 1. The molecule has 0 amide bonds. The predicted molar refractivity (Wildman–Crippen MR) is 84.7 cm³/mol. The molecule has 2 unspecified atom stereocenters. The number of benzene rings is 1. The third kappa shape index (κ3) is 3.36. The van der Waals surface area contributed by atoms with Crippen LogP contribution in [0, 0.1) is 5.92 Å². The van der Waals surface area contributed by atoms with Crippen molar-refractivity contribution >= 4 is 22.8 Å². The van der Waals surface area contributed by atoms with Crippen LogP contribution in [0.3, 0.4) is 0 Å². The molecule has 0 spiro atoms. The summed E-state index contributed by atoms with van der Waals surface area (Å²) in [6, 6.07) is 5.82. The molecule has 0 radical (unpaired) electrons. The molecule has 3 aromatic rings. The van der Waals surface area contributed by atoms with Gasteiger partial charge in [-0.2, -0.15) is 14.0 Å². The topological polar surface area (TPSA) is 121 Å². The molecule has 0 aliphatic carbocycles. The summed E-state index contributed by atoms with van der Waals surface area (Å²) in [4.78, 5) is 0. The summed E-state index contributed by atoms with van der Waals surface area (Å²) in [7, 11) is 0. The zero-order valence-corrected chi connectivity index (χ0v) is 13.4. The van der Waals surface area contributed by atoms with E-state index < -0.39 is 6.29 Å². The number of nitrogens with one attached hydrogen (secondary N) is 1. The smallest absolute Gasteiger partial charge is 0.178 e. The fourth-order valence-electron chi connectivity index (χ4n) is 2.92. The molecule has 0 aliphatic rings. The monoisotopic (exact) mass is 334 g/mol. The van der Waals surface area contributed by atoms with E-state index in [1.807, 2.05) is 25.1 Å². The Morgan fingerprint density at radius 2 is 2.13 bits per heavy atom. The Bertz CT molecular complexity index is 745. The van der Waals surface area contributed by atoms with Crippen LogP contribution in [0.15, 0.2) is 18.2 Å². The quantitative estimate of drug-likeness (QED) is 0.556. The maximum absolute atomic E-state index is 9.81. The van der Waals surface area contributed by atoms with Crippen molar-refractivity contribution in [2.75, 3.05) is 0 Å². The summed E-state index contributed by atoms with van der Waals surface area (Å²) < 4.78 is 8.59. The summed E-state index contributed by atoms with van der Waals surface area (Å²) >= 11 is 1.17. The van der Waals surface area contributed by atoms with E-state index in [-0.39, 0.29) is 11.8 Å².